The summed E-state index contributed by atoms with van der Waals surface area (Å²) in [6.45, 7) is 7.01. The van der Waals surface area contributed by atoms with Crippen molar-refractivity contribution in [1.29, 1.82) is 0 Å². The summed E-state index contributed by atoms with van der Waals surface area (Å²) in [7, 11) is 0. The van der Waals surface area contributed by atoms with Gasteiger partial charge in [0.05, 0.1) is 6.42 Å². The van der Waals surface area contributed by atoms with Gasteiger partial charge in [0.2, 0.25) is 5.91 Å². The molecule has 0 aromatic carbocycles. The lowest BCUT2D eigenvalue weighted by molar-refractivity contribution is -0.161. The first-order chi connectivity index (χ1) is 11.5. The van der Waals surface area contributed by atoms with Gasteiger partial charge in [-0.25, -0.2) is 9.59 Å². The van der Waals surface area contributed by atoms with Crippen molar-refractivity contribution in [2.45, 2.75) is 45.8 Å². The number of aliphatic carboxylic acids is 1. The van der Waals surface area contributed by atoms with E-state index in [-0.39, 0.29) is 13.1 Å². The van der Waals surface area contributed by atoms with Crippen molar-refractivity contribution in [3.05, 3.63) is 0 Å². The largest absolute Gasteiger partial charge is 0.480 e. The summed E-state index contributed by atoms with van der Waals surface area (Å²) in [6.07, 6.45) is -1.66. The van der Waals surface area contributed by atoms with E-state index < -0.39 is 47.8 Å². The van der Waals surface area contributed by atoms with Crippen LogP contribution in [0.25, 0.3) is 0 Å². The molecule has 10 heteroatoms. The average Bonchev–Trinajstić information content (AvgIpc) is 2.47. The number of amides is 4. The molecule has 10 nitrogen and oxygen atoms in total. The van der Waals surface area contributed by atoms with Crippen LogP contribution in [-0.2, 0) is 23.9 Å². The summed E-state index contributed by atoms with van der Waals surface area (Å²) in [5, 5.41) is 11.2. The Morgan fingerprint density at radius 1 is 1.20 bits per heavy atom. The highest BCUT2D eigenvalue weighted by Gasteiger charge is 2.37. The number of hydrogen-bond acceptors (Lipinski definition) is 6. The van der Waals surface area contributed by atoms with Gasteiger partial charge in [0.25, 0.3) is 0 Å². The highest BCUT2D eigenvalue weighted by Crippen LogP contribution is 2.10. The van der Waals surface area contributed by atoms with Crippen LogP contribution in [0.3, 0.4) is 0 Å². The van der Waals surface area contributed by atoms with Crippen molar-refractivity contribution >= 4 is 29.8 Å². The minimum absolute atomic E-state index is 0.0178. The summed E-state index contributed by atoms with van der Waals surface area (Å²) >= 11 is 0. The molecule has 1 rings (SSSR count). The maximum Gasteiger partial charge on any atom is 0.408 e. The summed E-state index contributed by atoms with van der Waals surface area (Å²) in [4.78, 5) is 60.9. The number of piperazine rings is 1. The third-order valence-electron chi connectivity index (χ3n) is 3.36. The number of alkyl carbamates (subject to hydrolysis) is 1. The number of hydrogen-bond donors (Lipinski definition) is 2. The molecule has 4 amide bonds. The molecule has 2 N–H and O–H groups in total. The average molecular weight is 357 g/mol. The van der Waals surface area contributed by atoms with Crippen molar-refractivity contribution in [2.75, 3.05) is 19.6 Å². The van der Waals surface area contributed by atoms with Crippen LogP contribution in [-0.4, -0.2) is 76.0 Å². The second-order valence-corrected chi connectivity index (χ2v) is 6.48. The van der Waals surface area contributed by atoms with Crippen molar-refractivity contribution < 1.29 is 33.8 Å². The van der Waals surface area contributed by atoms with Crippen molar-refractivity contribution in [3.8, 4) is 0 Å². The van der Waals surface area contributed by atoms with Crippen molar-refractivity contribution in [1.82, 2.24) is 15.1 Å². The Hall–Kier alpha value is -2.65. The molecule has 1 aliphatic heterocycles. The van der Waals surface area contributed by atoms with Gasteiger partial charge in [-0.15, -0.1) is 0 Å². The van der Waals surface area contributed by atoms with E-state index in [9.17, 15) is 24.0 Å². The first-order valence-electron chi connectivity index (χ1n) is 7.82. The summed E-state index contributed by atoms with van der Waals surface area (Å²) < 4.78 is 4.95. The Balaban J connectivity index is 2.74. The first kappa shape index (κ1) is 20.4. The highest BCUT2D eigenvalue weighted by atomic mass is 16.6. The quantitative estimate of drug-likeness (QED) is 0.638. The van der Waals surface area contributed by atoms with E-state index in [0.717, 1.165) is 0 Å². The molecule has 1 fully saturated rings. The molecule has 0 radical (unpaired) electrons. The zero-order valence-electron chi connectivity index (χ0n) is 14.7. The van der Waals surface area contributed by atoms with Crippen LogP contribution >= 0.6 is 0 Å². The van der Waals surface area contributed by atoms with Crippen LogP contribution in [0, 0.1) is 0 Å². The smallest absolute Gasteiger partial charge is 0.408 e. The number of rotatable bonds is 5. The SMILES string of the molecule is CCN1CCN(C(=O)C[C@H](NC(=O)OC(C)(C)C)C(=O)O)C(=O)C1=O. The van der Waals surface area contributed by atoms with Gasteiger partial charge in [0, 0.05) is 19.6 Å². The number of carboxylic acid groups (broad SMARTS) is 1. The van der Waals surface area contributed by atoms with E-state index in [0.29, 0.717) is 11.4 Å². The lowest BCUT2D eigenvalue weighted by Crippen LogP contribution is -2.57. The Kier molecular flexibility index (Phi) is 6.49. The Bertz CT molecular complexity index is 582. The van der Waals surface area contributed by atoms with E-state index in [1.54, 1.807) is 27.7 Å². The van der Waals surface area contributed by atoms with Crippen LogP contribution < -0.4 is 5.32 Å². The second kappa shape index (κ2) is 7.95. The summed E-state index contributed by atoms with van der Waals surface area (Å²) in [6, 6.07) is -1.57. The van der Waals surface area contributed by atoms with E-state index in [2.05, 4.69) is 5.32 Å². The predicted molar refractivity (Wildman–Crippen MR) is 84.4 cm³/mol. The molecule has 0 unspecified atom stereocenters. The number of nitrogens with one attached hydrogen (secondary N) is 1. The molecule has 0 saturated carbocycles. The minimum atomic E-state index is -1.57. The fourth-order valence-electron chi connectivity index (χ4n) is 2.15. The normalized spacial score (nSPS) is 16.5. The molecule has 25 heavy (non-hydrogen) atoms. The maximum absolute atomic E-state index is 12.2. The zero-order valence-corrected chi connectivity index (χ0v) is 14.7. The van der Waals surface area contributed by atoms with E-state index in [4.69, 9.17) is 9.84 Å². The van der Waals surface area contributed by atoms with E-state index in [1.807, 2.05) is 0 Å². The van der Waals surface area contributed by atoms with E-state index in [1.165, 1.54) is 4.90 Å². The Morgan fingerprint density at radius 2 is 1.80 bits per heavy atom. The maximum atomic E-state index is 12.2. The number of carbonyl (C=O) groups is 5. The molecule has 0 aromatic rings. The van der Waals surface area contributed by atoms with Gasteiger partial charge in [-0.3, -0.25) is 19.3 Å². The number of likely N-dealkylation sites (N-methyl/N-ethyl adjacent to an activating group) is 1. The number of carboxylic acids is 1. The first-order valence-corrected chi connectivity index (χ1v) is 7.82. The third kappa shape index (κ3) is 5.73. The zero-order chi connectivity index (χ0) is 19.4. The molecule has 0 aliphatic carbocycles. The molecule has 1 saturated heterocycles. The lowest BCUT2D eigenvalue weighted by atomic mass is 10.1. The fraction of sp³-hybridized carbons (Fsp3) is 0.667. The minimum Gasteiger partial charge on any atom is -0.480 e. The van der Waals surface area contributed by atoms with Crippen LogP contribution in [0.2, 0.25) is 0 Å². The molecule has 140 valence electrons. The fourth-order valence-corrected chi connectivity index (χ4v) is 2.15. The predicted octanol–water partition coefficient (Wildman–Crippen LogP) is -0.428. The molecule has 1 heterocycles. The molecule has 1 atom stereocenters. The van der Waals surface area contributed by atoms with Crippen LogP contribution in [0.15, 0.2) is 0 Å². The number of imide groups is 1. The van der Waals surface area contributed by atoms with Crippen LogP contribution in [0.5, 0.6) is 0 Å². The Labute approximate surface area is 145 Å². The van der Waals surface area contributed by atoms with Crippen molar-refractivity contribution in [3.63, 3.8) is 0 Å². The van der Waals surface area contributed by atoms with Gasteiger partial charge in [-0.2, -0.15) is 0 Å². The highest BCUT2D eigenvalue weighted by molar-refractivity contribution is 6.38. The molecule has 0 aromatic heterocycles. The molecule has 0 spiro atoms. The number of carbonyl (C=O) groups excluding carboxylic acids is 4. The van der Waals surface area contributed by atoms with Crippen LogP contribution in [0.1, 0.15) is 34.1 Å². The lowest BCUT2D eigenvalue weighted by Gasteiger charge is -2.32. The van der Waals surface area contributed by atoms with Gasteiger partial charge in [-0.05, 0) is 27.7 Å². The van der Waals surface area contributed by atoms with Gasteiger partial charge in [0.15, 0.2) is 0 Å². The van der Waals surface area contributed by atoms with Gasteiger partial charge >= 0.3 is 23.9 Å². The van der Waals surface area contributed by atoms with Gasteiger partial charge < -0.3 is 20.1 Å². The number of ether oxygens (including phenoxy) is 1. The molecule has 0 bridgehead atoms. The summed E-state index contributed by atoms with van der Waals surface area (Å²) in [5.41, 5.74) is -0.837. The molecular formula is C15H23N3O7. The Morgan fingerprint density at radius 3 is 2.28 bits per heavy atom. The van der Waals surface area contributed by atoms with Crippen LogP contribution in [0.4, 0.5) is 4.79 Å². The molecule has 1 aliphatic rings. The second-order valence-electron chi connectivity index (χ2n) is 6.48. The topological polar surface area (TPSA) is 133 Å². The van der Waals surface area contributed by atoms with Gasteiger partial charge in [0.1, 0.15) is 11.6 Å². The third-order valence-corrected chi connectivity index (χ3v) is 3.36. The molecular weight excluding hydrogens is 334 g/mol. The number of nitrogens with zero attached hydrogens (tertiary/aromatic N) is 2. The monoisotopic (exact) mass is 357 g/mol. The summed E-state index contributed by atoms with van der Waals surface area (Å²) in [5.74, 6) is -4.11. The van der Waals surface area contributed by atoms with E-state index >= 15 is 0 Å². The van der Waals surface area contributed by atoms with Crippen molar-refractivity contribution in [2.24, 2.45) is 0 Å². The standard InChI is InChI=1S/C15H23N3O7/c1-5-17-6-7-18(12(21)11(17)20)10(19)8-9(13(22)23)16-14(24)25-15(2,3)4/h9H,5-8H2,1-4H3,(H,16,24)(H,22,23)/t9-/m0/s1. The van der Waals surface area contributed by atoms with Gasteiger partial charge in [-0.1, -0.05) is 0 Å².